The molecule has 3 heteroatoms. The van der Waals surface area contributed by atoms with Gasteiger partial charge in [-0.1, -0.05) is 44.9 Å². The maximum atomic E-state index is 10.4. The third kappa shape index (κ3) is 2.57. The molecule has 0 saturated heterocycles. The van der Waals surface area contributed by atoms with Crippen LogP contribution in [0.5, 0.6) is 0 Å². The van der Waals surface area contributed by atoms with Crippen LogP contribution in [0.25, 0.3) is 10.9 Å². The molecule has 18 heavy (non-hydrogen) atoms. The van der Waals surface area contributed by atoms with E-state index >= 15 is 0 Å². The van der Waals surface area contributed by atoms with Gasteiger partial charge in [0.05, 0.1) is 17.3 Å². The molecule has 1 aromatic heterocycles. The lowest BCUT2D eigenvalue weighted by Gasteiger charge is -2.21. The monoisotopic (exact) mass is 307 g/mol. The van der Waals surface area contributed by atoms with Crippen LogP contribution in [0, 0.1) is 5.92 Å². The fourth-order valence-electron chi connectivity index (χ4n) is 2.27. The maximum absolute atomic E-state index is 10.4. The van der Waals surface area contributed by atoms with E-state index in [4.69, 9.17) is 0 Å². The van der Waals surface area contributed by atoms with Crippen molar-refractivity contribution in [3.05, 3.63) is 40.5 Å². The summed E-state index contributed by atoms with van der Waals surface area (Å²) in [5, 5.41) is 11.5. The van der Waals surface area contributed by atoms with Gasteiger partial charge < -0.3 is 5.11 Å². The number of nitrogens with zero attached hydrogens (tertiary/aromatic N) is 1. The Bertz CT molecular complexity index is 537. The first-order valence-corrected chi connectivity index (χ1v) is 7.19. The fourth-order valence-corrected chi connectivity index (χ4v) is 2.84. The van der Waals surface area contributed by atoms with Crippen LogP contribution in [0.2, 0.25) is 0 Å². The second-order valence-corrected chi connectivity index (χ2v) is 5.42. The summed E-state index contributed by atoms with van der Waals surface area (Å²) in [5.74, 6) is 0.259. The lowest BCUT2D eigenvalue weighted by Crippen LogP contribution is -2.13. The Labute approximate surface area is 116 Å². The van der Waals surface area contributed by atoms with Crippen LogP contribution < -0.4 is 0 Å². The van der Waals surface area contributed by atoms with Crippen molar-refractivity contribution >= 4 is 26.8 Å². The molecular formula is C15H18BrNO. The molecule has 0 saturated carbocycles. The van der Waals surface area contributed by atoms with Gasteiger partial charge >= 0.3 is 0 Å². The van der Waals surface area contributed by atoms with Crippen molar-refractivity contribution in [2.75, 3.05) is 0 Å². The van der Waals surface area contributed by atoms with E-state index in [1.807, 2.05) is 30.3 Å². The van der Waals surface area contributed by atoms with E-state index in [0.29, 0.717) is 0 Å². The average Bonchev–Trinajstić information content (AvgIpc) is 2.39. The molecule has 0 fully saturated rings. The topological polar surface area (TPSA) is 33.1 Å². The zero-order chi connectivity index (χ0) is 13.1. The molecule has 2 nitrogen and oxygen atoms in total. The Hall–Kier alpha value is -0.930. The molecule has 1 atom stereocenters. The van der Waals surface area contributed by atoms with E-state index in [0.717, 1.165) is 33.9 Å². The second kappa shape index (κ2) is 5.81. The summed E-state index contributed by atoms with van der Waals surface area (Å²) in [4.78, 5) is 4.59. The number of halogens is 1. The molecule has 0 amide bonds. The summed E-state index contributed by atoms with van der Waals surface area (Å²) >= 11 is 3.52. The van der Waals surface area contributed by atoms with Gasteiger partial charge in [-0.15, -0.1) is 0 Å². The molecule has 2 aromatic rings. The minimum Gasteiger partial charge on any atom is -0.386 e. The molecule has 0 radical (unpaired) electrons. The van der Waals surface area contributed by atoms with E-state index in [2.05, 4.69) is 34.8 Å². The van der Waals surface area contributed by atoms with E-state index in [1.165, 1.54) is 0 Å². The summed E-state index contributed by atoms with van der Waals surface area (Å²) in [6, 6.07) is 10.00. The third-order valence-electron chi connectivity index (χ3n) is 3.48. The number of para-hydroxylation sites is 1. The average molecular weight is 308 g/mol. The first-order chi connectivity index (χ1) is 8.67. The Kier molecular flexibility index (Phi) is 4.36. The molecule has 1 heterocycles. The normalized spacial score (nSPS) is 13.2. The number of hydrogen-bond donors (Lipinski definition) is 1. The predicted molar refractivity (Wildman–Crippen MR) is 78.5 cm³/mol. The zero-order valence-corrected chi connectivity index (χ0v) is 12.3. The molecule has 0 aliphatic carbocycles. The molecular weight excluding hydrogens is 290 g/mol. The van der Waals surface area contributed by atoms with Crippen molar-refractivity contribution < 1.29 is 5.11 Å². The largest absolute Gasteiger partial charge is 0.386 e. The molecule has 1 N–H and O–H groups in total. The second-order valence-electron chi connectivity index (χ2n) is 4.57. The van der Waals surface area contributed by atoms with Crippen LogP contribution in [0.1, 0.15) is 38.5 Å². The summed E-state index contributed by atoms with van der Waals surface area (Å²) in [5.41, 5.74) is 1.68. The van der Waals surface area contributed by atoms with E-state index in [1.54, 1.807) is 0 Å². The first-order valence-electron chi connectivity index (χ1n) is 6.40. The maximum Gasteiger partial charge on any atom is 0.0999 e. The molecule has 0 spiro atoms. The summed E-state index contributed by atoms with van der Waals surface area (Å²) in [7, 11) is 0. The highest BCUT2D eigenvalue weighted by molar-refractivity contribution is 9.10. The van der Waals surface area contributed by atoms with Gasteiger partial charge in [0.25, 0.3) is 0 Å². The summed E-state index contributed by atoms with van der Waals surface area (Å²) in [6.07, 6.45) is 1.41. The van der Waals surface area contributed by atoms with Crippen LogP contribution in [-0.4, -0.2) is 10.1 Å². The predicted octanol–water partition coefficient (Wildman–Crippen LogP) is 4.47. The van der Waals surface area contributed by atoms with E-state index in [9.17, 15) is 5.11 Å². The fraction of sp³-hybridized carbons (Fsp3) is 0.400. The highest BCUT2D eigenvalue weighted by Gasteiger charge is 2.21. The van der Waals surface area contributed by atoms with Crippen LogP contribution >= 0.6 is 15.9 Å². The Morgan fingerprint density at radius 2 is 1.89 bits per heavy atom. The van der Waals surface area contributed by atoms with Crippen LogP contribution in [0.4, 0.5) is 0 Å². The molecule has 0 aliphatic rings. The van der Waals surface area contributed by atoms with Crippen LogP contribution in [0.15, 0.2) is 34.8 Å². The smallest absolute Gasteiger partial charge is 0.0999 e. The highest BCUT2D eigenvalue weighted by atomic mass is 79.9. The van der Waals surface area contributed by atoms with Crippen molar-refractivity contribution in [2.45, 2.75) is 32.8 Å². The number of hydrogen-bond acceptors (Lipinski definition) is 2. The number of fused-ring (bicyclic) bond motifs is 1. The van der Waals surface area contributed by atoms with Crippen molar-refractivity contribution in [2.24, 2.45) is 5.92 Å². The van der Waals surface area contributed by atoms with Gasteiger partial charge in [-0.05, 0) is 34.0 Å². The molecule has 0 bridgehead atoms. The van der Waals surface area contributed by atoms with Gasteiger partial charge in [0, 0.05) is 9.86 Å². The first kappa shape index (κ1) is 13.5. The molecule has 0 aliphatic heterocycles. The lowest BCUT2D eigenvalue weighted by atomic mass is 9.94. The number of rotatable bonds is 4. The lowest BCUT2D eigenvalue weighted by molar-refractivity contribution is 0.0987. The van der Waals surface area contributed by atoms with Crippen molar-refractivity contribution in [3.8, 4) is 0 Å². The zero-order valence-electron chi connectivity index (χ0n) is 10.7. The number of aliphatic hydroxyl groups is 1. The van der Waals surface area contributed by atoms with Crippen molar-refractivity contribution in [1.82, 2.24) is 4.98 Å². The Balaban J connectivity index is 2.47. The van der Waals surface area contributed by atoms with E-state index < -0.39 is 6.10 Å². The highest BCUT2D eigenvalue weighted by Crippen LogP contribution is 2.32. The van der Waals surface area contributed by atoms with Crippen molar-refractivity contribution in [1.29, 1.82) is 0 Å². The van der Waals surface area contributed by atoms with Gasteiger partial charge in [-0.25, -0.2) is 4.98 Å². The van der Waals surface area contributed by atoms with Gasteiger partial charge in [-0.3, -0.25) is 0 Å². The number of pyridine rings is 1. The minimum atomic E-state index is -0.501. The van der Waals surface area contributed by atoms with Crippen molar-refractivity contribution in [3.63, 3.8) is 0 Å². The molecule has 2 rings (SSSR count). The summed E-state index contributed by atoms with van der Waals surface area (Å²) < 4.78 is 0.889. The Morgan fingerprint density at radius 3 is 2.56 bits per heavy atom. The van der Waals surface area contributed by atoms with Gasteiger partial charge in [0.1, 0.15) is 0 Å². The quantitative estimate of drug-likeness (QED) is 0.904. The van der Waals surface area contributed by atoms with Crippen LogP contribution in [-0.2, 0) is 0 Å². The van der Waals surface area contributed by atoms with E-state index in [-0.39, 0.29) is 5.92 Å². The molecule has 96 valence electrons. The molecule has 1 aromatic carbocycles. The number of aromatic nitrogens is 1. The number of aliphatic hydroxyl groups excluding tert-OH is 1. The molecule has 1 unspecified atom stereocenters. The SMILES string of the molecule is CCC(CC)C(O)c1nc2ccccc2cc1Br. The Morgan fingerprint density at radius 1 is 1.22 bits per heavy atom. The van der Waals surface area contributed by atoms with Gasteiger partial charge in [-0.2, -0.15) is 0 Å². The summed E-state index contributed by atoms with van der Waals surface area (Å²) in [6.45, 7) is 4.21. The number of benzene rings is 1. The standard InChI is InChI=1S/C15H18BrNO/c1-3-10(4-2)15(18)14-12(16)9-11-7-5-6-8-13(11)17-14/h5-10,15,18H,3-4H2,1-2H3. The van der Waals surface area contributed by atoms with Gasteiger partial charge in [0.15, 0.2) is 0 Å². The third-order valence-corrected chi connectivity index (χ3v) is 4.12. The van der Waals surface area contributed by atoms with Gasteiger partial charge in [0.2, 0.25) is 0 Å². The van der Waals surface area contributed by atoms with Crippen LogP contribution in [0.3, 0.4) is 0 Å². The minimum absolute atomic E-state index is 0.259.